The smallest absolute Gasteiger partial charge is 0.170 e. The highest BCUT2D eigenvalue weighted by atomic mass is 32.1. The SMILES string of the molecule is COc1cccc(NC(=S)NC(C)CCCC(C)C)c1. The molecule has 1 rings (SSSR count). The summed E-state index contributed by atoms with van der Waals surface area (Å²) in [6, 6.07) is 8.14. The molecular formula is C16H26N2OS. The molecule has 3 nitrogen and oxygen atoms in total. The van der Waals surface area contributed by atoms with Crippen LogP contribution in [0.1, 0.15) is 40.0 Å². The van der Waals surface area contributed by atoms with Crippen molar-refractivity contribution in [3.63, 3.8) is 0 Å². The predicted octanol–water partition coefficient (Wildman–Crippen LogP) is 4.20. The van der Waals surface area contributed by atoms with Gasteiger partial charge in [0.15, 0.2) is 5.11 Å². The maximum atomic E-state index is 5.33. The first-order chi connectivity index (χ1) is 9.51. The molecule has 0 saturated carbocycles. The van der Waals surface area contributed by atoms with Crippen LogP contribution in [0.25, 0.3) is 0 Å². The van der Waals surface area contributed by atoms with Gasteiger partial charge in [0.2, 0.25) is 0 Å². The van der Waals surface area contributed by atoms with Gasteiger partial charge in [0.1, 0.15) is 5.75 Å². The van der Waals surface area contributed by atoms with E-state index < -0.39 is 0 Å². The lowest BCUT2D eigenvalue weighted by Gasteiger charge is -2.17. The number of nitrogens with one attached hydrogen (secondary N) is 2. The van der Waals surface area contributed by atoms with Crippen LogP contribution in [0, 0.1) is 5.92 Å². The lowest BCUT2D eigenvalue weighted by atomic mass is 10.0. The quantitative estimate of drug-likeness (QED) is 0.739. The number of methoxy groups -OCH3 is 1. The van der Waals surface area contributed by atoms with Gasteiger partial charge >= 0.3 is 0 Å². The van der Waals surface area contributed by atoms with Crippen LogP contribution in [0.15, 0.2) is 24.3 Å². The van der Waals surface area contributed by atoms with Gasteiger partial charge in [0.25, 0.3) is 0 Å². The standard InChI is InChI=1S/C16H26N2OS/c1-12(2)7-5-8-13(3)17-16(20)18-14-9-6-10-15(11-14)19-4/h6,9-13H,5,7-8H2,1-4H3,(H2,17,18,20). The summed E-state index contributed by atoms with van der Waals surface area (Å²) in [6.07, 6.45) is 3.63. The molecule has 0 fully saturated rings. The van der Waals surface area contributed by atoms with Crippen molar-refractivity contribution in [1.82, 2.24) is 5.32 Å². The van der Waals surface area contributed by atoms with Crippen LogP contribution in [-0.4, -0.2) is 18.3 Å². The minimum absolute atomic E-state index is 0.388. The van der Waals surface area contributed by atoms with E-state index in [1.807, 2.05) is 24.3 Å². The summed E-state index contributed by atoms with van der Waals surface area (Å²) in [5, 5.41) is 7.17. The largest absolute Gasteiger partial charge is 0.497 e. The summed E-state index contributed by atoms with van der Waals surface area (Å²) in [6.45, 7) is 6.68. The summed E-state index contributed by atoms with van der Waals surface area (Å²) in [4.78, 5) is 0. The second-order valence-electron chi connectivity index (χ2n) is 5.56. The van der Waals surface area contributed by atoms with Crippen LogP contribution in [0.4, 0.5) is 5.69 Å². The molecular weight excluding hydrogens is 268 g/mol. The van der Waals surface area contributed by atoms with E-state index in [0.717, 1.165) is 23.8 Å². The third-order valence-corrected chi connectivity index (χ3v) is 3.34. The second kappa shape index (κ2) is 8.80. The van der Waals surface area contributed by atoms with E-state index in [1.54, 1.807) is 7.11 Å². The zero-order valence-corrected chi connectivity index (χ0v) is 13.7. The molecule has 0 heterocycles. The average Bonchev–Trinajstić information content (AvgIpc) is 2.38. The van der Waals surface area contributed by atoms with Crippen molar-refractivity contribution in [2.24, 2.45) is 5.92 Å². The average molecular weight is 294 g/mol. The van der Waals surface area contributed by atoms with Gasteiger partial charge in [-0.2, -0.15) is 0 Å². The van der Waals surface area contributed by atoms with E-state index in [1.165, 1.54) is 12.8 Å². The molecule has 1 aromatic carbocycles. The zero-order valence-electron chi connectivity index (χ0n) is 12.9. The first kappa shape index (κ1) is 16.8. The van der Waals surface area contributed by atoms with Gasteiger partial charge in [-0.15, -0.1) is 0 Å². The molecule has 0 spiro atoms. The van der Waals surface area contributed by atoms with E-state index >= 15 is 0 Å². The van der Waals surface area contributed by atoms with Gasteiger partial charge in [-0.25, -0.2) is 0 Å². The van der Waals surface area contributed by atoms with Crippen molar-refractivity contribution in [3.05, 3.63) is 24.3 Å². The lowest BCUT2D eigenvalue weighted by Crippen LogP contribution is -2.35. The summed E-state index contributed by atoms with van der Waals surface area (Å²) in [5.74, 6) is 1.59. The molecule has 0 aliphatic rings. The number of thiocarbonyl (C=S) groups is 1. The molecule has 0 bridgehead atoms. The Hall–Kier alpha value is -1.29. The van der Waals surface area contributed by atoms with E-state index in [9.17, 15) is 0 Å². The number of ether oxygens (including phenoxy) is 1. The minimum Gasteiger partial charge on any atom is -0.497 e. The molecule has 0 radical (unpaired) electrons. The van der Waals surface area contributed by atoms with Crippen LogP contribution >= 0.6 is 12.2 Å². The molecule has 0 amide bonds. The van der Waals surface area contributed by atoms with Gasteiger partial charge in [-0.05, 0) is 43.6 Å². The zero-order chi connectivity index (χ0) is 15.0. The molecule has 1 aromatic rings. The van der Waals surface area contributed by atoms with Gasteiger partial charge in [-0.1, -0.05) is 32.8 Å². The molecule has 20 heavy (non-hydrogen) atoms. The third-order valence-electron chi connectivity index (χ3n) is 3.12. The fraction of sp³-hybridized carbons (Fsp3) is 0.562. The van der Waals surface area contributed by atoms with E-state index in [-0.39, 0.29) is 0 Å². The van der Waals surface area contributed by atoms with E-state index in [4.69, 9.17) is 17.0 Å². The summed E-state index contributed by atoms with van der Waals surface area (Å²) in [5.41, 5.74) is 0.941. The predicted molar refractivity (Wildman–Crippen MR) is 90.5 cm³/mol. The molecule has 0 aromatic heterocycles. The molecule has 0 aliphatic heterocycles. The highest BCUT2D eigenvalue weighted by Crippen LogP contribution is 2.16. The van der Waals surface area contributed by atoms with Crippen molar-refractivity contribution in [3.8, 4) is 5.75 Å². The van der Waals surface area contributed by atoms with Crippen molar-refractivity contribution in [1.29, 1.82) is 0 Å². The Morgan fingerprint density at radius 1 is 1.25 bits per heavy atom. The van der Waals surface area contributed by atoms with Gasteiger partial charge in [0.05, 0.1) is 7.11 Å². The molecule has 112 valence electrons. The first-order valence-corrected chi connectivity index (χ1v) is 7.63. The first-order valence-electron chi connectivity index (χ1n) is 7.23. The molecule has 0 saturated heterocycles. The normalized spacial score (nSPS) is 12.1. The third kappa shape index (κ3) is 6.75. The molecule has 1 unspecified atom stereocenters. The van der Waals surface area contributed by atoms with Crippen LogP contribution in [0.3, 0.4) is 0 Å². The summed E-state index contributed by atoms with van der Waals surface area (Å²) in [7, 11) is 1.66. The van der Waals surface area contributed by atoms with E-state index in [0.29, 0.717) is 11.2 Å². The Kier molecular flexibility index (Phi) is 7.37. The fourth-order valence-corrected chi connectivity index (χ4v) is 2.32. The molecule has 4 heteroatoms. The second-order valence-corrected chi connectivity index (χ2v) is 5.96. The van der Waals surface area contributed by atoms with Gasteiger partial charge < -0.3 is 15.4 Å². The topological polar surface area (TPSA) is 33.3 Å². The lowest BCUT2D eigenvalue weighted by molar-refractivity contribution is 0.415. The number of benzene rings is 1. The van der Waals surface area contributed by atoms with Crippen LogP contribution in [-0.2, 0) is 0 Å². The van der Waals surface area contributed by atoms with Crippen LogP contribution in [0.5, 0.6) is 5.75 Å². The fourth-order valence-electron chi connectivity index (χ4n) is 2.00. The number of anilines is 1. The Bertz CT molecular complexity index is 421. The highest BCUT2D eigenvalue weighted by molar-refractivity contribution is 7.80. The Balaban J connectivity index is 2.35. The van der Waals surface area contributed by atoms with Crippen molar-refractivity contribution < 1.29 is 4.74 Å². The summed E-state index contributed by atoms with van der Waals surface area (Å²) < 4.78 is 5.19. The summed E-state index contributed by atoms with van der Waals surface area (Å²) >= 11 is 5.33. The Morgan fingerprint density at radius 2 is 2.00 bits per heavy atom. The number of rotatable bonds is 7. The Morgan fingerprint density at radius 3 is 2.65 bits per heavy atom. The van der Waals surface area contributed by atoms with Crippen LogP contribution < -0.4 is 15.4 Å². The molecule has 2 N–H and O–H groups in total. The van der Waals surface area contributed by atoms with Crippen LogP contribution in [0.2, 0.25) is 0 Å². The number of hydrogen-bond donors (Lipinski definition) is 2. The maximum absolute atomic E-state index is 5.33. The monoisotopic (exact) mass is 294 g/mol. The van der Waals surface area contributed by atoms with Crippen molar-refractivity contribution in [2.75, 3.05) is 12.4 Å². The Labute approximate surface area is 128 Å². The highest BCUT2D eigenvalue weighted by Gasteiger charge is 2.05. The van der Waals surface area contributed by atoms with E-state index in [2.05, 4.69) is 31.4 Å². The maximum Gasteiger partial charge on any atom is 0.170 e. The van der Waals surface area contributed by atoms with Gasteiger partial charge in [-0.3, -0.25) is 0 Å². The molecule has 0 aliphatic carbocycles. The van der Waals surface area contributed by atoms with Crippen molar-refractivity contribution >= 4 is 23.0 Å². The van der Waals surface area contributed by atoms with Gasteiger partial charge in [0, 0.05) is 17.8 Å². The number of hydrogen-bond acceptors (Lipinski definition) is 2. The van der Waals surface area contributed by atoms with Crippen molar-refractivity contribution in [2.45, 2.75) is 46.1 Å². The minimum atomic E-state index is 0.388. The molecule has 1 atom stereocenters.